The van der Waals surface area contributed by atoms with E-state index in [0.717, 1.165) is 17.9 Å². The fourth-order valence-corrected chi connectivity index (χ4v) is 2.99. The predicted octanol–water partition coefficient (Wildman–Crippen LogP) is 3.90. The molecule has 1 heterocycles. The Morgan fingerprint density at radius 3 is 2.76 bits per heavy atom. The number of nitrogens with zero attached hydrogens (tertiary/aromatic N) is 1. The van der Waals surface area contributed by atoms with Crippen LogP contribution in [0.3, 0.4) is 0 Å². The van der Waals surface area contributed by atoms with Gasteiger partial charge in [0.1, 0.15) is 5.75 Å². The minimum Gasteiger partial charge on any atom is -0.492 e. The second kappa shape index (κ2) is 8.05. The second-order valence-electron chi connectivity index (χ2n) is 4.62. The van der Waals surface area contributed by atoms with Crippen molar-refractivity contribution in [3.05, 3.63) is 53.9 Å². The Labute approximate surface area is 131 Å². The Morgan fingerprint density at radius 2 is 2.05 bits per heavy atom. The second-order valence-corrected chi connectivity index (χ2v) is 5.47. The van der Waals surface area contributed by atoms with Gasteiger partial charge in [0.05, 0.1) is 18.8 Å². The van der Waals surface area contributed by atoms with Crippen LogP contribution in [0, 0.1) is 0 Å². The third-order valence-electron chi connectivity index (χ3n) is 3.24. The molecule has 1 aromatic heterocycles. The van der Waals surface area contributed by atoms with E-state index >= 15 is 0 Å². The molecule has 3 nitrogen and oxygen atoms in total. The first-order chi connectivity index (χ1) is 10.3. The van der Waals surface area contributed by atoms with Crippen LogP contribution >= 0.6 is 11.8 Å². The molecule has 112 valence electrons. The van der Waals surface area contributed by atoms with Gasteiger partial charge in [-0.2, -0.15) is 0 Å². The summed E-state index contributed by atoms with van der Waals surface area (Å²) in [6, 6.07) is 10.7. The number of nitrogens with one attached hydrogen (secondary N) is 1. The molecule has 1 aromatic carbocycles. The summed E-state index contributed by atoms with van der Waals surface area (Å²) in [7, 11) is 0. The molecule has 0 amide bonds. The quantitative estimate of drug-likeness (QED) is 0.787. The lowest BCUT2D eigenvalue weighted by atomic mass is 10.00. The Balaban J connectivity index is 2.40. The summed E-state index contributed by atoms with van der Waals surface area (Å²) in [5.74, 6) is 0.819. The number of rotatable bonds is 7. The fraction of sp³-hybridized carbons (Fsp3) is 0.353. The zero-order chi connectivity index (χ0) is 15.1. The summed E-state index contributed by atoms with van der Waals surface area (Å²) < 4.78 is 5.57. The molecule has 1 atom stereocenters. The van der Waals surface area contributed by atoms with E-state index in [-0.39, 0.29) is 6.04 Å². The van der Waals surface area contributed by atoms with Gasteiger partial charge in [0.25, 0.3) is 0 Å². The summed E-state index contributed by atoms with van der Waals surface area (Å²) in [5, 5.41) is 3.55. The van der Waals surface area contributed by atoms with E-state index in [0.29, 0.717) is 6.61 Å². The highest BCUT2D eigenvalue weighted by atomic mass is 32.2. The number of aromatic nitrogens is 1. The number of benzene rings is 1. The van der Waals surface area contributed by atoms with Crippen molar-refractivity contribution in [3.8, 4) is 5.75 Å². The van der Waals surface area contributed by atoms with Crippen molar-refractivity contribution >= 4 is 11.8 Å². The van der Waals surface area contributed by atoms with Gasteiger partial charge in [0.2, 0.25) is 0 Å². The smallest absolute Gasteiger partial charge is 0.137 e. The van der Waals surface area contributed by atoms with Gasteiger partial charge in [-0.15, -0.1) is 11.8 Å². The molecule has 0 radical (unpaired) electrons. The van der Waals surface area contributed by atoms with Crippen molar-refractivity contribution in [2.45, 2.75) is 24.8 Å². The molecular weight excluding hydrogens is 280 g/mol. The number of pyridine rings is 1. The van der Waals surface area contributed by atoms with Crippen molar-refractivity contribution in [1.82, 2.24) is 10.3 Å². The molecule has 0 spiro atoms. The monoisotopic (exact) mass is 302 g/mol. The average molecular weight is 302 g/mol. The van der Waals surface area contributed by atoms with E-state index in [1.165, 1.54) is 10.5 Å². The van der Waals surface area contributed by atoms with Gasteiger partial charge in [-0.3, -0.25) is 4.98 Å². The van der Waals surface area contributed by atoms with Gasteiger partial charge < -0.3 is 10.1 Å². The van der Waals surface area contributed by atoms with Crippen LogP contribution in [0.5, 0.6) is 5.75 Å². The molecule has 0 bridgehead atoms. The van der Waals surface area contributed by atoms with Crippen LogP contribution in [0.25, 0.3) is 0 Å². The zero-order valence-corrected chi connectivity index (χ0v) is 13.6. The van der Waals surface area contributed by atoms with Gasteiger partial charge in [0, 0.05) is 11.1 Å². The highest BCUT2D eigenvalue weighted by Gasteiger charge is 2.17. The first kappa shape index (κ1) is 15.9. The van der Waals surface area contributed by atoms with Crippen LogP contribution in [0.4, 0.5) is 0 Å². The highest BCUT2D eigenvalue weighted by molar-refractivity contribution is 7.98. The number of ether oxygens (including phenoxy) is 1. The molecule has 0 aliphatic heterocycles. The van der Waals surface area contributed by atoms with Gasteiger partial charge in [-0.05, 0) is 43.0 Å². The number of hydrogen-bond acceptors (Lipinski definition) is 4. The fourth-order valence-electron chi connectivity index (χ4n) is 2.36. The Bertz CT molecular complexity index is 574. The summed E-state index contributed by atoms with van der Waals surface area (Å²) in [6.07, 6.45) is 5.78. The highest BCUT2D eigenvalue weighted by Crippen LogP contribution is 2.31. The Kier molecular flexibility index (Phi) is 6.08. The lowest BCUT2D eigenvalue weighted by Crippen LogP contribution is -2.22. The summed E-state index contributed by atoms with van der Waals surface area (Å²) in [4.78, 5) is 5.60. The van der Waals surface area contributed by atoms with E-state index in [2.05, 4.69) is 53.8 Å². The Morgan fingerprint density at radius 1 is 1.24 bits per heavy atom. The molecule has 21 heavy (non-hydrogen) atoms. The van der Waals surface area contributed by atoms with Crippen LogP contribution < -0.4 is 10.1 Å². The maximum Gasteiger partial charge on any atom is 0.137 e. The molecule has 2 aromatic rings. The van der Waals surface area contributed by atoms with E-state index < -0.39 is 0 Å². The molecule has 0 saturated carbocycles. The van der Waals surface area contributed by atoms with E-state index in [1.54, 1.807) is 18.0 Å². The molecule has 0 saturated heterocycles. The van der Waals surface area contributed by atoms with Crippen molar-refractivity contribution in [2.75, 3.05) is 19.4 Å². The topological polar surface area (TPSA) is 34.2 Å². The first-order valence-electron chi connectivity index (χ1n) is 7.24. The maximum atomic E-state index is 5.57. The van der Waals surface area contributed by atoms with Crippen molar-refractivity contribution in [3.63, 3.8) is 0 Å². The summed E-state index contributed by atoms with van der Waals surface area (Å²) in [5.41, 5.74) is 2.41. The molecule has 4 heteroatoms. The lowest BCUT2D eigenvalue weighted by Gasteiger charge is -2.21. The van der Waals surface area contributed by atoms with Gasteiger partial charge in [-0.1, -0.05) is 25.1 Å². The normalized spacial score (nSPS) is 12.1. The van der Waals surface area contributed by atoms with E-state index in [9.17, 15) is 0 Å². The average Bonchev–Trinajstić information content (AvgIpc) is 2.53. The Hall–Kier alpha value is -1.52. The van der Waals surface area contributed by atoms with Crippen LogP contribution in [0.1, 0.15) is 31.0 Å². The van der Waals surface area contributed by atoms with Crippen molar-refractivity contribution in [1.29, 1.82) is 0 Å². The summed E-state index contributed by atoms with van der Waals surface area (Å²) in [6.45, 7) is 5.65. The van der Waals surface area contributed by atoms with Crippen LogP contribution in [-0.4, -0.2) is 24.4 Å². The molecule has 0 fully saturated rings. The maximum absolute atomic E-state index is 5.57. The molecule has 2 rings (SSSR count). The van der Waals surface area contributed by atoms with Gasteiger partial charge >= 0.3 is 0 Å². The van der Waals surface area contributed by atoms with Crippen molar-refractivity contribution < 1.29 is 4.74 Å². The van der Waals surface area contributed by atoms with E-state index in [1.807, 2.05) is 13.1 Å². The van der Waals surface area contributed by atoms with Crippen molar-refractivity contribution in [2.24, 2.45) is 0 Å². The molecule has 1 N–H and O–H groups in total. The molecule has 0 aliphatic rings. The van der Waals surface area contributed by atoms with Crippen LogP contribution in [0.15, 0.2) is 47.6 Å². The molecule has 1 unspecified atom stereocenters. The van der Waals surface area contributed by atoms with Crippen LogP contribution in [-0.2, 0) is 0 Å². The number of thioether (sulfide) groups is 1. The third-order valence-corrected chi connectivity index (χ3v) is 4.05. The van der Waals surface area contributed by atoms with Gasteiger partial charge in [0.15, 0.2) is 0 Å². The first-order valence-corrected chi connectivity index (χ1v) is 8.46. The van der Waals surface area contributed by atoms with E-state index in [4.69, 9.17) is 4.74 Å². The largest absolute Gasteiger partial charge is 0.492 e. The minimum atomic E-state index is 0.131. The standard InChI is InChI=1S/C17H22N2OS/c1-4-19-17(15-8-6-7-9-16(15)21-3)13-10-14(20-5-2)12-18-11-13/h6-12,17,19H,4-5H2,1-3H3. The van der Waals surface area contributed by atoms with Crippen LogP contribution in [0.2, 0.25) is 0 Å². The predicted molar refractivity (Wildman–Crippen MR) is 89.1 cm³/mol. The summed E-state index contributed by atoms with van der Waals surface area (Å²) >= 11 is 1.77. The van der Waals surface area contributed by atoms with Gasteiger partial charge in [-0.25, -0.2) is 0 Å². The lowest BCUT2D eigenvalue weighted by molar-refractivity contribution is 0.338. The SMILES string of the molecule is CCNC(c1cncc(OCC)c1)c1ccccc1SC. The minimum absolute atomic E-state index is 0.131. The molecular formula is C17H22N2OS. The zero-order valence-electron chi connectivity index (χ0n) is 12.8. The number of hydrogen-bond donors (Lipinski definition) is 1. The third kappa shape index (κ3) is 3.99. The molecule has 0 aliphatic carbocycles.